The fourth-order valence-corrected chi connectivity index (χ4v) is 2.24. The monoisotopic (exact) mass is 338 g/mol. The summed E-state index contributed by atoms with van der Waals surface area (Å²) in [6.07, 6.45) is 1.08. The number of benzene rings is 1. The lowest BCUT2D eigenvalue weighted by atomic mass is 10.2. The molecule has 20 heavy (non-hydrogen) atoms. The van der Waals surface area contributed by atoms with Gasteiger partial charge in [-0.3, -0.25) is 0 Å². The smallest absolute Gasteiger partial charge is 0.158 e. The molecule has 0 bridgehead atoms. The fourth-order valence-electron chi connectivity index (χ4n) is 1.98. The Labute approximate surface area is 128 Å². The third-order valence-electron chi connectivity index (χ3n) is 3.04. The molecule has 1 aromatic carbocycles. The minimum absolute atomic E-state index is 0.800. The molecular formula is C16H21BrNO2+. The number of halogens is 1. The van der Waals surface area contributed by atoms with Gasteiger partial charge in [0.05, 0.1) is 13.2 Å². The summed E-state index contributed by atoms with van der Waals surface area (Å²) < 4.78 is 12.2. The van der Waals surface area contributed by atoms with E-state index < -0.39 is 0 Å². The van der Waals surface area contributed by atoms with Crippen molar-refractivity contribution in [2.75, 3.05) is 19.8 Å². The van der Waals surface area contributed by atoms with Crippen LogP contribution in [0.1, 0.15) is 19.1 Å². The van der Waals surface area contributed by atoms with E-state index in [2.05, 4.69) is 39.4 Å². The molecule has 2 N–H and O–H groups in total. The van der Waals surface area contributed by atoms with Crippen LogP contribution in [0.25, 0.3) is 11.3 Å². The molecular weight excluding hydrogens is 318 g/mol. The van der Waals surface area contributed by atoms with Crippen molar-refractivity contribution in [3.63, 3.8) is 0 Å². The van der Waals surface area contributed by atoms with Gasteiger partial charge in [0.1, 0.15) is 12.3 Å². The Kier molecular flexibility index (Phi) is 6.30. The van der Waals surface area contributed by atoms with Crippen LogP contribution >= 0.6 is 15.9 Å². The van der Waals surface area contributed by atoms with Gasteiger partial charge in [-0.1, -0.05) is 28.1 Å². The molecule has 0 atom stereocenters. The van der Waals surface area contributed by atoms with E-state index in [4.69, 9.17) is 9.15 Å². The molecule has 2 aromatic rings. The van der Waals surface area contributed by atoms with Crippen molar-refractivity contribution >= 4 is 15.9 Å². The van der Waals surface area contributed by atoms with Crippen LogP contribution in [-0.4, -0.2) is 19.8 Å². The van der Waals surface area contributed by atoms with Gasteiger partial charge in [0.25, 0.3) is 0 Å². The lowest BCUT2D eigenvalue weighted by Gasteiger charge is -2.01. The summed E-state index contributed by atoms with van der Waals surface area (Å²) >= 11 is 3.44. The maximum Gasteiger partial charge on any atom is 0.158 e. The number of ether oxygens (including phenoxy) is 1. The molecule has 108 valence electrons. The lowest BCUT2D eigenvalue weighted by Crippen LogP contribution is -2.82. The van der Waals surface area contributed by atoms with Gasteiger partial charge in [-0.15, -0.1) is 0 Å². The number of furan rings is 1. The standard InChI is InChI=1S/C16H20BrNO2/c1-2-19-11-3-10-18-12-15-8-9-16(20-15)13-4-6-14(17)7-5-13/h4-9,18H,2-3,10-12H2,1H3/p+1. The van der Waals surface area contributed by atoms with E-state index >= 15 is 0 Å². The quantitative estimate of drug-likeness (QED) is 0.750. The molecule has 0 radical (unpaired) electrons. The topological polar surface area (TPSA) is 39.0 Å². The third-order valence-corrected chi connectivity index (χ3v) is 3.57. The first-order chi connectivity index (χ1) is 9.79. The second-order valence-corrected chi connectivity index (χ2v) is 5.52. The molecule has 1 heterocycles. The molecule has 0 unspecified atom stereocenters. The average Bonchev–Trinajstić information content (AvgIpc) is 2.92. The number of hydrogen-bond acceptors (Lipinski definition) is 2. The van der Waals surface area contributed by atoms with Gasteiger partial charge in [-0.05, 0) is 31.2 Å². The highest BCUT2D eigenvalue weighted by molar-refractivity contribution is 9.10. The van der Waals surface area contributed by atoms with Crippen LogP contribution in [0.15, 0.2) is 45.3 Å². The lowest BCUT2D eigenvalue weighted by molar-refractivity contribution is -0.672. The maximum atomic E-state index is 5.86. The van der Waals surface area contributed by atoms with Gasteiger partial charge in [-0.2, -0.15) is 0 Å². The highest BCUT2D eigenvalue weighted by Crippen LogP contribution is 2.23. The van der Waals surface area contributed by atoms with Crippen molar-refractivity contribution < 1.29 is 14.5 Å². The van der Waals surface area contributed by atoms with Crippen molar-refractivity contribution in [1.29, 1.82) is 0 Å². The molecule has 0 spiro atoms. The predicted molar refractivity (Wildman–Crippen MR) is 83.5 cm³/mol. The summed E-state index contributed by atoms with van der Waals surface area (Å²) in [5.41, 5.74) is 1.11. The van der Waals surface area contributed by atoms with Crippen LogP contribution in [0.5, 0.6) is 0 Å². The zero-order valence-corrected chi connectivity index (χ0v) is 13.4. The summed E-state index contributed by atoms with van der Waals surface area (Å²) in [6, 6.07) is 12.2. The van der Waals surface area contributed by atoms with Gasteiger partial charge < -0.3 is 14.5 Å². The van der Waals surface area contributed by atoms with Crippen molar-refractivity contribution in [2.24, 2.45) is 0 Å². The van der Waals surface area contributed by atoms with Gasteiger partial charge in [0.2, 0.25) is 0 Å². The molecule has 0 saturated carbocycles. The van der Waals surface area contributed by atoms with Crippen LogP contribution in [0, 0.1) is 0 Å². The first-order valence-electron chi connectivity index (χ1n) is 7.03. The second-order valence-electron chi connectivity index (χ2n) is 4.60. The number of hydrogen-bond donors (Lipinski definition) is 1. The van der Waals surface area contributed by atoms with Gasteiger partial charge in [-0.25, -0.2) is 0 Å². The van der Waals surface area contributed by atoms with E-state index in [0.717, 1.165) is 54.3 Å². The third kappa shape index (κ3) is 4.78. The highest BCUT2D eigenvalue weighted by Gasteiger charge is 2.05. The Morgan fingerprint density at radius 2 is 1.95 bits per heavy atom. The number of quaternary nitrogens is 1. The van der Waals surface area contributed by atoms with Gasteiger partial charge in [0.15, 0.2) is 5.76 Å². The largest absolute Gasteiger partial charge is 0.455 e. The summed E-state index contributed by atoms with van der Waals surface area (Å²) in [4.78, 5) is 0. The van der Waals surface area contributed by atoms with Crippen LogP contribution in [0.2, 0.25) is 0 Å². The van der Waals surface area contributed by atoms with Crippen LogP contribution < -0.4 is 5.32 Å². The zero-order valence-electron chi connectivity index (χ0n) is 11.8. The first kappa shape index (κ1) is 15.3. The molecule has 0 aliphatic rings. The highest BCUT2D eigenvalue weighted by atomic mass is 79.9. The van der Waals surface area contributed by atoms with E-state index in [1.807, 2.05) is 25.1 Å². The van der Waals surface area contributed by atoms with Crippen molar-refractivity contribution in [3.8, 4) is 11.3 Å². The van der Waals surface area contributed by atoms with Gasteiger partial charge >= 0.3 is 0 Å². The minimum Gasteiger partial charge on any atom is -0.455 e. The SMILES string of the molecule is CCOCCC[NH2+]Cc1ccc(-c2ccc(Br)cc2)o1. The molecule has 2 rings (SSSR count). The predicted octanol–water partition coefficient (Wildman–Crippen LogP) is 3.20. The Morgan fingerprint density at radius 3 is 2.70 bits per heavy atom. The first-order valence-corrected chi connectivity index (χ1v) is 7.83. The second kappa shape index (κ2) is 8.25. The van der Waals surface area contributed by atoms with Crippen LogP contribution in [0.4, 0.5) is 0 Å². The summed E-state index contributed by atoms with van der Waals surface area (Å²) in [5.74, 6) is 1.94. The molecule has 1 aromatic heterocycles. The fraction of sp³-hybridized carbons (Fsp3) is 0.375. The van der Waals surface area contributed by atoms with E-state index in [-0.39, 0.29) is 0 Å². The molecule has 0 amide bonds. The molecule has 3 nitrogen and oxygen atoms in total. The number of rotatable bonds is 8. The van der Waals surface area contributed by atoms with Crippen LogP contribution in [-0.2, 0) is 11.3 Å². The van der Waals surface area contributed by atoms with Crippen molar-refractivity contribution in [2.45, 2.75) is 19.9 Å². The van der Waals surface area contributed by atoms with E-state index in [9.17, 15) is 0 Å². The Hall–Kier alpha value is -1.10. The summed E-state index contributed by atoms with van der Waals surface area (Å²) in [5, 5.41) is 2.25. The normalized spacial score (nSPS) is 10.9. The van der Waals surface area contributed by atoms with E-state index in [1.165, 1.54) is 0 Å². The average molecular weight is 339 g/mol. The summed E-state index contributed by atoms with van der Waals surface area (Å²) in [7, 11) is 0. The number of nitrogens with two attached hydrogens (primary N) is 1. The minimum atomic E-state index is 0.800. The Bertz CT molecular complexity index is 507. The van der Waals surface area contributed by atoms with Crippen molar-refractivity contribution in [1.82, 2.24) is 0 Å². The molecule has 0 aliphatic heterocycles. The van der Waals surface area contributed by atoms with Crippen molar-refractivity contribution in [3.05, 3.63) is 46.6 Å². The Morgan fingerprint density at radius 1 is 1.15 bits per heavy atom. The van der Waals surface area contributed by atoms with Crippen LogP contribution in [0.3, 0.4) is 0 Å². The van der Waals surface area contributed by atoms with E-state index in [0.29, 0.717) is 0 Å². The van der Waals surface area contributed by atoms with Gasteiger partial charge in [0, 0.05) is 23.1 Å². The Balaban J connectivity index is 1.79. The molecule has 0 fully saturated rings. The molecule has 0 aliphatic carbocycles. The maximum absolute atomic E-state index is 5.86. The molecule has 0 saturated heterocycles. The summed E-state index contributed by atoms with van der Waals surface area (Å²) in [6.45, 7) is 5.61. The molecule has 4 heteroatoms. The van der Waals surface area contributed by atoms with E-state index in [1.54, 1.807) is 0 Å². The zero-order chi connectivity index (χ0) is 14.2.